The van der Waals surface area contributed by atoms with Gasteiger partial charge in [-0.1, -0.05) is 65.3 Å². The topological polar surface area (TPSA) is 0 Å². The highest BCUT2D eigenvalue weighted by Gasteiger charge is 2.08. The molecule has 0 aromatic rings. The van der Waals surface area contributed by atoms with Crippen molar-refractivity contribution in [2.45, 2.75) is 53.9 Å². The zero-order valence-corrected chi connectivity index (χ0v) is 11.2. The Balaban J connectivity index is 3.93. The van der Waals surface area contributed by atoms with Crippen LogP contribution in [0.25, 0.3) is 0 Å². The molecule has 0 bridgehead atoms. The van der Waals surface area contributed by atoms with Crippen molar-refractivity contribution >= 4 is 0 Å². The molecule has 0 nitrogen and oxygen atoms in total. The standard InChI is InChI=1S/C15H28/c1-7-13(4)11-15(6)14(5)10-8-9-12(2)3/h8,10,12-13,15H,5,7,9,11H2,1-4,6H3. The van der Waals surface area contributed by atoms with Crippen LogP contribution in [0.1, 0.15) is 53.9 Å². The van der Waals surface area contributed by atoms with Crippen molar-refractivity contribution < 1.29 is 0 Å². The fourth-order valence-electron chi connectivity index (χ4n) is 1.58. The summed E-state index contributed by atoms with van der Waals surface area (Å²) in [6.45, 7) is 15.5. The molecule has 2 unspecified atom stereocenters. The third-order valence-electron chi connectivity index (χ3n) is 3.03. The van der Waals surface area contributed by atoms with Crippen LogP contribution in [-0.4, -0.2) is 0 Å². The second-order valence-corrected chi connectivity index (χ2v) is 5.26. The summed E-state index contributed by atoms with van der Waals surface area (Å²) in [6, 6.07) is 0. The fraction of sp³-hybridized carbons (Fsp3) is 0.733. The van der Waals surface area contributed by atoms with Gasteiger partial charge in [0.25, 0.3) is 0 Å². The average Bonchev–Trinajstić information content (AvgIpc) is 2.16. The number of hydrogen-bond donors (Lipinski definition) is 0. The molecule has 0 aromatic carbocycles. The van der Waals surface area contributed by atoms with Crippen LogP contribution in [0, 0.1) is 17.8 Å². The Hall–Kier alpha value is -0.520. The largest absolute Gasteiger partial charge is 0.0956 e. The van der Waals surface area contributed by atoms with E-state index in [1.54, 1.807) is 0 Å². The highest BCUT2D eigenvalue weighted by atomic mass is 14.1. The maximum absolute atomic E-state index is 4.15. The van der Waals surface area contributed by atoms with Gasteiger partial charge >= 0.3 is 0 Å². The van der Waals surface area contributed by atoms with Crippen LogP contribution in [-0.2, 0) is 0 Å². The average molecular weight is 208 g/mol. The van der Waals surface area contributed by atoms with Crippen LogP contribution in [0.3, 0.4) is 0 Å². The molecule has 15 heavy (non-hydrogen) atoms. The zero-order valence-electron chi connectivity index (χ0n) is 11.2. The van der Waals surface area contributed by atoms with Gasteiger partial charge < -0.3 is 0 Å². The molecule has 0 N–H and O–H groups in total. The lowest BCUT2D eigenvalue weighted by molar-refractivity contribution is 0.447. The first-order valence-electron chi connectivity index (χ1n) is 6.32. The van der Waals surface area contributed by atoms with Crippen molar-refractivity contribution in [3.05, 3.63) is 24.3 Å². The van der Waals surface area contributed by atoms with E-state index in [9.17, 15) is 0 Å². The minimum atomic E-state index is 0.628. The van der Waals surface area contributed by atoms with Gasteiger partial charge in [-0.2, -0.15) is 0 Å². The van der Waals surface area contributed by atoms with E-state index in [0.717, 1.165) is 18.3 Å². The Kier molecular flexibility index (Phi) is 7.46. The van der Waals surface area contributed by atoms with Crippen molar-refractivity contribution in [1.29, 1.82) is 0 Å². The third kappa shape index (κ3) is 7.41. The lowest BCUT2D eigenvalue weighted by atomic mass is 9.90. The Morgan fingerprint density at radius 2 is 1.80 bits per heavy atom. The van der Waals surface area contributed by atoms with E-state index in [4.69, 9.17) is 0 Å². The molecule has 0 heterocycles. The summed E-state index contributed by atoms with van der Waals surface area (Å²) < 4.78 is 0. The first-order valence-corrected chi connectivity index (χ1v) is 6.32. The van der Waals surface area contributed by atoms with E-state index < -0.39 is 0 Å². The Bertz CT molecular complexity index is 198. The molecule has 2 atom stereocenters. The van der Waals surface area contributed by atoms with Crippen molar-refractivity contribution in [2.75, 3.05) is 0 Å². The van der Waals surface area contributed by atoms with E-state index in [1.165, 1.54) is 18.4 Å². The first-order chi connectivity index (χ1) is 6.97. The van der Waals surface area contributed by atoms with Gasteiger partial charge in [-0.05, 0) is 30.6 Å². The molecule has 0 aliphatic heterocycles. The molecule has 0 saturated heterocycles. The minimum Gasteiger partial charge on any atom is -0.0956 e. The summed E-state index contributed by atoms with van der Waals surface area (Å²) >= 11 is 0. The summed E-state index contributed by atoms with van der Waals surface area (Å²) in [4.78, 5) is 0. The van der Waals surface area contributed by atoms with Crippen molar-refractivity contribution in [2.24, 2.45) is 17.8 Å². The number of rotatable bonds is 7. The second-order valence-electron chi connectivity index (χ2n) is 5.26. The Morgan fingerprint density at radius 1 is 1.20 bits per heavy atom. The van der Waals surface area contributed by atoms with Crippen LogP contribution < -0.4 is 0 Å². The summed E-state index contributed by atoms with van der Waals surface area (Å²) in [7, 11) is 0. The molecular weight excluding hydrogens is 180 g/mol. The van der Waals surface area contributed by atoms with Gasteiger partial charge in [0, 0.05) is 0 Å². The second kappa shape index (κ2) is 7.73. The molecule has 0 aliphatic rings. The zero-order chi connectivity index (χ0) is 11.8. The Labute approximate surface area is 96.5 Å². The smallest absolute Gasteiger partial charge is 0.0194 e. The van der Waals surface area contributed by atoms with Crippen LogP contribution in [0.2, 0.25) is 0 Å². The van der Waals surface area contributed by atoms with Crippen molar-refractivity contribution in [3.8, 4) is 0 Å². The molecule has 0 spiro atoms. The normalized spacial score (nSPS) is 15.9. The minimum absolute atomic E-state index is 0.628. The van der Waals surface area contributed by atoms with Gasteiger partial charge in [-0.15, -0.1) is 0 Å². The van der Waals surface area contributed by atoms with Gasteiger partial charge in [0.2, 0.25) is 0 Å². The molecular formula is C15H28. The van der Waals surface area contributed by atoms with Crippen molar-refractivity contribution in [1.82, 2.24) is 0 Å². The van der Waals surface area contributed by atoms with E-state index in [0.29, 0.717) is 5.92 Å². The summed E-state index contributed by atoms with van der Waals surface area (Å²) in [5.41, 5.74) is 1.29. The molecule has 0 heteroatoms. The molecule has 0 aromatic heterocycles. The molecule has 0 aliphatic carbocycles. The maximum atomic E-state index is 4.15. The van der Waals surface area contributed by atoms with Crippen LogP contribution >= 0.6 is 0 Å². The van der Waals surface area contributed by atoms with Gasteiger partial charge in [0.1, 0.15) is 0 Å². The van der Waals surface area contributed by atoms with Gasteiger partial charge in [0.15, 0.2) is 0 Å². The monoisotopic (exact) mass is 208 g/mol. The molecule has 0 amide bonds. The molecule has 88 valence electrons. The van der Waals surface area contributed by atoms with Gasteiger partial charge in [-0.3, -0.25) is 0 Å². The number of hydrogen-bond acceptors (Lipinski definition) is 0. The van der Waals surface area contributed by atoms with E-state index >= 15 is 0 Å². The Morgan fingerprint density at radius 3 is 2.27 bits per heavy atom. The summed E-state index contributed by atoms with van der Waals surface area (Å²) in [5, 5.41) is 0. The van der Waals surface area contributed by atoms with Crippen molar-refractivity contribution in [3.63, 3.8) is 0 Å². The summed E-state index contributed by atoms with van der Waals surface area (Å²) in [6.07, 6.45) is 8.18. The highest BCUT2D eigenvalue weighted by Crippen LogP contribution is 2.21. The predicted molar refractivity (Wildman–Crippen MR) is 71.0 cm³/mol. The lowest BCUT2D eigenvalue weighted by Gasteiger charge is -2.16. The first kappa shape index (κ1) is 14.5. The van der Waals surface area contributed by atoms with Crippen LogP contribution in [0.15, 0.2) is 24.3 Å². The summed E-state index contributed by atoms with van der Waals surface area (Å²) in [5.74, 6) is 2.19. The van der Waals surface area contributed by atoms with E-state index in [1.807, 2.05) is 0 Å². The van der Waals surface area contributed by atoms with Gasteiger partial charge in [-0.25, -0.2) is 0 Å². The van der Waals surface area contributed by atoms with Crippen LogP contribution in [0.5, 0.6) is 0 Å². The number of allylic oxidation sites excluding steroid dienone is 3. The van der Waals surface area contributed by atoms with Gasteiger partial charge in [0.05, 0.1) is 0 Å². The predicted octanol–water partition coefficient (Wildman–Crippen LogP) is 5.22. The van der Waals surface area contributed by atoms with E-state index in [-0.39, 0.29) is 0 Å². The maximum Gasteiger partial charge on any atom is -0.0194 e. The lowest BCUT2D eigenvalue weighted by Crippen LogP contribution is -2.03. The molecule has 0 radical (unpaired) electrons. The van der Waals surface area contributed by atoms with Crippen LogP contribution in [0.4, 0.5) is 0 Å². The highest BCUT2D eigenvalue weighted by molar-refractivity contribution is 5.17. The molecule has 0 rings (SSSR count). The molecule has 0 fully saturated rings. The fourth-order valence-corrected chi connectivity index (χ4v) is 1.58. The molecule has 0 saturated carbocycles. The third-order valence-corrected chi connectivity index (χ3v) is 3.03. The SMILES string of the molecule is C=C(C=CCC(C)C)C(C)CC(C)CC. The quantitative estimate of drug-likeness (QED) is 0.503. The van der Waals surface area contributed by atoms with E-state index in [2.05, 4.69) is 53.3 Å².